The number of carbonyl (C=O) groups excluding carboxylic acids is 3. The summed E-state index contributed by atoms with van der Waals surface area (Å²) in [4.78, 5) is 49.1. The molecule has 11 heteroatoms. The summed E-state index contributed by atoms with van der Waals surface area (Å²) in [6, 6.07) is 67.1. The van der Waals surface area contributed by atoms with Crippen molar-refractivity contribution in [2.24, 2.45) is 0 Å². The van der Waals surface area contributed by atoms with Crippen LogP contribution >= 0.6 is 0 Å². The highest BCUT2D eigenvalue weighted by Crippen LogP contribution is 2.41. The molecule has 0 bridgehead atoms. The molecule has 0 aliphatic rings. The van der Waals surface area contributed by atoms with E-state index in [2.05, 4.69) is 53.1 Å². The highest BCUT2D eigenvalue weighted by atomic mass is 16.5. The van der Waals surface area contributed by atoms with Gasteiger partial charge < -0.3 is 29.6 Å². The van der Waals surface area contributed by atoms with E-state index in [1.165, 1.54) is 4.90 Å². The van der Waals surface area contributed by atoms with E-state index in [1.807, 2.05) is 181 Å². The summed E-state index contributed by atoms with van der Waals surface area (Å²) >= 11 is 0. The molecule has 3 amide bonds. The normalized spacial score (nSPS) is 11.9. The second-order valence-electron chi connectivity index (χ2n) is 16.6. The van der Waals surface area contributed by atoms with Gasteiger partial charge in [0, 0.05) is 25.7 Å². The van der Waals surface area contributed by atoms with E-state index in [1.54, 1.807) is 6.33 Å². The quantitative estimate of drug-likeness (QED) is 0.0727. The van der Waals surface area contributed by atoms with Gasteiger partial charge in [0.05, 0.1) is 30.6 Å². The number of benzene rings is 7. The number of amides is 3. The fourth-order valence-corrected chi connectivity index (χ4v) is 8.41. The van der Waals surface area contributed by atoms with Gasteiger partial charge in [-0.3, -0.25) is 9.59 Å². The Hall–Kier alpha value is -8.75. The number of alkyl carbamates (subject to hydrolysis) is 1. The number of carbonyl (C=O) groups is 3. The van der Waals surface area contributed by atoms with Crippen LogP contribution in [-0.2, 0) is 46.0 Å². The molecule has 0 spiro atoms. The molecule has 1 unspecified atom stereocenters. The van der Waals surface area contributed by atoms with Crippen LogP contribution in [0.1, 0.15) is 50.6 Å². The molecule has 0 fully saturated rings. The Morgan fingerprint density at radius 2 is 1.14 bits per heavy atom. The lowest BCUT2D eigenvalue weighted by Crippen LogP contribution is -2.52. The molecule has 8 aromatic rings. The largest absolute Gasteiger partial charge is 0.489 e. The number of nitrogens with zero attached hydrogens (tertiary/aromatic N) is 4. The van der Waals surface area contributed by atoms with Gasteiger partial charge in [-0.25, -0.2) is 9.78 Å². The Morgan fingerprint density at radius 3 is 1.68 bits per heavy atom. The maximum Gasteiger partial charge on any atom is 0.408 e. The number of nitrogens with one attached hydrogen (secondary N) is 2. The standard InChI is InChI=1S/C58H52N6O5/c59-36-48(47-23-11-3-12-24-47)37-60-55(65)40-63(38-44-31-33-53(34-32-44)68-41-45-19-7-1-8-20-45)56(66)54(62-57(67)69-42-46-21-9-2-10-22-46)35-52-39-64(43-61-52)58(49-25-13-4-14-26-49,50-27-15-5-16-28-50)51-29-17-6-18-30-51/h1-34,39,43,48,54H,35,37-38,40-42H2,(H,60,65)(H,62,67)/t48?,54-/m0/s1. The number of hydrogen-bond acceptors (Lipinski definition) is 7. The number of rotatable bonds is 20. The first-order valence-electron chi connectivity index (χ1n) is 22.8. The third kappa shape index (κ3) is 12.0. The number of aromatic nitrogens is 2. The van der Waals surface area contributed by atoms with E-state index in [0.29, 0.717) is 18.1 Å². The summed E-state index contributed by atoms with van der Waals surface area (Å²) in [5, 5.41) is 15.7. The van der Waals surface area contributed by atoms with Gasteiger partial charge in [0.15, 0.2) is 0 Å². The first-order valence-corrected chi connectivity index (χ1v) is 22.8. The van der Waals surface area contributed by atoms with Crippen LogP contribution in [0.25, 0.3) is 0 Å². The summed E-state index contributed by atoms with van der Waals surface area (Å²) in [5.74, 6) is -0.992. The highest BCUT2D eigenvalue weighted by Gasteiger charge is 2.39. The van der Waals surface area contributed by atoms with Gasteiger partial charge in [0.2, 0.25) is 11.8 Å². The minimum atomic E-state index is -1.23. The minimum absolute atomic E-state index is 0.0103. The maximum atomic E-state index is 15.2. The smallest absolute Gasteiger partial charge is 0.408 e. The molecule has 2 N–H and O–H groups in total. The Morgan fingerprint density at radius 1 is 0.638 bits per heavy atom. The molecule has 0 radical (unpaired) electrons. The number of hydrogen-bond donors (Lipinski definition) is 2. The van der Waals surface area contributed by atoms with Gasteiger partial charge in [-0.05, 0) is 51.1 Å². The van der Waals surface area contributed by atoms with Gasteiger partial charge in [-0.2, -0.15) is 5.26 Å². The maximum absolute atomic E-state index is 15.2. The molecule has 8 rings (SSSR count). The molecule has 0 saturated heterocycles. The van der Waals surface area contributed by atoms with E-state index < -0.39 is 35.4 Å². The van der Waals surface area contributed by atoms with Crippen LogP contribution in [-0.4, -0.2) is 51.5 Å². The molecule has 0 aliphatic heterocycles. The lowest BCUT2D eigenvalue weighted by Gasteiger charge is -2.37. The van der Waals surface area contributed by atoms with Crippen LogP contribution in [0.5, 0.6) is 5.75 Å². The zero-order valence-corrected chi connectivity index (χ0v) is 38.0. The topological polar surface area (TPSA) is 139 Å². The molecule has 344 valence electrons. The van der Waals surface area contributed by atoms with Crippen molar-refractivity contribution in [1.82, 2.24) is 25.1 Å². The fourth-order valence-electron chi connectivity index (χ4n) is 8.41. The molecular formula is C58H52N6O5. The van der Waals surface area contributed by atoms with Crippen molar-refractivity contribution < 1.29 is 23.9 Å². The van der Waals surface area contributed by atoms with Crippen molar-refractivity contribution >= 4 is 17.9 Å². The highest BCUT2D eigenvalue weighted by molar-refractivity contribution is 5.90. The molecule has 0 aliphatic carbocycles. The Balaban J connectivity index is 1.11. The summed E-state index contributed by atoms with van der Waals surface area (Å²) in [5.41, 5.74) is 5.86. The number of ether oxygens (including phenoxy) is 2. The average Bonchev–Trinajstić information content (AvgIpc) is 3.88. The van der Waals surface area contributed by atoms with Crippen molar-refractivity contribution in [3.63, 3.8) is 0 Å². The van der Waals surface area contributed by atoms with E-state index in [9.17, 15) is 14.9 Å². The van der Waals surface area contributed by atoms with Crippen molar-refractivity contribution in [3.05, 3.63) is 263 Å². The van der Waals surface area contributed by atoms with Gasteiger partial charge in [0.1, 0.15) is 30.5 Å². The van der Waals surface area contributed by atoms with Crippen molar-refractivity contribution in [3.8, 4) is 11.8 Å². The Kier molecular flexibility index (Phi) is 15.7. The first-order chi connectivity index (χ1) is 33.9. The summed E-state index contributed by atoms with van der Waals surface area (Å²) < 4.78 is 13.8. The predicted octanol–water partition coefficient (Wildman–Crippen LogP) is 9.59. The van der Waals surface area contributed by atoms with Crippen molar-refractivity contribution in [2.75, 3.05) is 13.1 Å². The molecule has 1 aromatic heterocycles. The molecular weight excluding hydrogens is 861 g/mol. The van der Waals surface area contributed by atoms with Gasteiger partial charge in [0.25, 0.3) is 0 Å². The first kappa shape index (κ1) is 46.8. The number of imidazole rings is 1. The SMILES string of the molecule is N#CC(CNC(=O)CN(Cc1ccc(OCc2ccccc2)cc1)C(=O)[C@H](Cc1cn(C(c2ccccc2)(c2ccccc2)c2ccccc2)cn1)NC(=O)OCc1ccccc1)c1ccccc1. The van der Waals surface area contributed by atoms with Crippen LogP contribution in [0.4, 0.5) is 4.79 Å². The van der Waals surface area contributed by atoms with Crippen LogP contribution in [0.2, 0.25) is 0 Å². The minimum Gasteiger partial charge on any atom is -0.489 e. The lowest BCUT2D eigenvalue weighted by molar-refractivity contribution is -0.138. The van der Waals surface area contributed by atoms with E-state index in [0.717, 1.165) is 38.9 Å². The number of nitriles is 1. The second kappa shape index (κ2) is 23.1. The molecule has 7 aromatic carbocycles. The molecule has 2 atom stereocenters. The van der Waals surface area contributed by atoms with Crippen LogP contribution in [0.15, 0.2) is 219 Å². The third-order valence-electron chi connectivity index (χ3n) is 11.9. The Labute approximate surface area is 402 Å². The Bertz CT molecular complexity index is 2820. The van der Waals surface area contributed by atoms with Gasteiger partial charge >= 0.3 is 6.09 Å². The van der Waals surface area contributed by atoms with Gasteiger partial charge in [-0.1, -0.05) is 194 Å². The monoisotopic (exact) mass is 912 g/mol. The molecule has 1 heterocycles. The summed E-state index contributed by atoms with van der Waals surface area (Å²) in [7, 11) is 0. The second-order valence-corrected chi connectivity index (χ2v) is 16.6. The van der Waals surface area contributed by atoms with E-state index in [4.69, 9.17) is 14.5 Å². The fraction of sp³-hybridized carbons (Fsp3) is 0.155. The molecule has 69 heavy (non-hydrogen) atoms. The van der Waals surface area contributed by atoms with Crippen LogP contribution in [0, 0.1) is 11.3 Å². The summed E-state index contributed by atoms with van der Waals surface area (Å²) in [6.45, 7) is 0.0253. The van der Waals surface area contributed by atoms with Gasteiger partial charge in [-0.15, -0.1) is 0 Å². The predicted molar refractivity (Wildman–Crippen MR) is 265 cm³/mol. The third-order valence-corrected chi connectivity index (χ3v) is 11.9. The molecule has 11 nitrogen and oxygen atoms in total. The average molecular weight is 913 g/mol. The zero-order chi connectivity index (χ0) is 47.7. The van der Waals surface area contributed by atoms with Crippen LogP contribution < -0.4 is 15.4 Å². The van der Waals surface area contributed by atoms with Crippen molar-refractivity contribution in [2.45, 2.75) is 43.7 Å². The lowest BCUT2D eigenvalue weighted by atomic mass is 9.77. The van der Waals surface area contributed by atoms with Crippen molar-refractivity contribution in [1.29, 1.82) is 5.26 Å². The molecule has 0 saturated carbocycles. The van der Waals surface area contributed by atoms with E-state index in [-0.39, 0.29) is 32.7 Å². The van der Waals surface area contributed by atoms with Crippen LogP contribution in [0.3, 0.4) is 0 Å². The summed E-state index contributed by atoms with van der Waals surface area (Å²) in [6.07, 6.45) is 2.80. The van der Waals surface area contributed by atoms with E-state index >= 15 is 4.79 Å². The zero-order valence-electron chi connectivity index (χ0n) is 38.0.